The number of ether oxygens (including phenoxy) is 2. The molecule has 142 valence electrons. The number of hydrogen-bond acceptors (Lipinski definition) is 7. The van der Waals surface area contributed by atoms with Crippen molar-refractivity contribution in [2.75, 3.05) is 14.2 Å². The van der Waals surface area contributed by atoms with Gasteiger partial charge in [0, 0.05) is 10.6 Å². The number of rotatable bonds is 5. The molecule has 9 heteroatoms. The van der Waals surface area contributed by atoms with Crippen molar-refractivity contribution < 1.29 is 14.0 Å². The van der Waals surface area contributed by atoms with Crippen LogP contribution in [0.5, 0.6) is 11.5 Å². The van der Waals surface area contributed by atoms with Gasteiger partial charge in [-0.2, -0.15) is 4.98 Å². The zero-order valence-corrected chi connectivity index (χ0v) is 15.8. The van der Waals surface area contributed by atoms with Gasteiger partial charge in [0.05, 0.1) is 31.4 Å². The van der Waals surface area contributed by atoms with Crippen LogP contribution in [0, 0.1) is 0 Å². The van der Waals surface area contributed by atoms with Gasteiger partial charge in [-0.3, -0.25) is 9.36 Å². The van der Waals surface area contributed by atoms with Crippen LogP contribution < -0.4 is 15.0 Å². The summed E-state index contributed by atoms with van der Waals surface area (Å²) in [4.78, 5) is 21.3. The van der Waals surface area contributed by atoms with Gasteiger partial charge in [0.15, 0.2) is 11.5 Å². The number of hydrogen-bond donors (Lipinski definition) is 0. The Kier molecular flexibility index (Phi) is 4.70. The average molecular weight is 399 g/mol. The van der Waals surface area contributed by atoms with Gasteiger partial charge in [-0.1, -0.05) is 16.8 Å². The number of aromatic nitrogens is 4. The topological polar surface area (TPSA) is 92.3 Å². The first-order valence-corrected chi connectivity index (χ1v) is 8.66. The van der Waals surface area contributed by atoms with Crippen LogP contribution >= 0.6 is 11.6 Å². The van der Waals surface area contributed by atoms with E-state index >= 15 is 0 Å². The maximum atomic E-state index is 12.6. The summed E-state index contributed by atoms with van der Waals surface area (Å²) in [5, 5.41) is 4.97. The molecule has 0 bridgehead atoms. The van der Waals surface area contributed by atoms with Gasteiger partial charge in [0.25, 0.3) is 5.56 Å². The molecule has 0 aliphatic rings. The van der Waals surface area contributed by atoms with E-state index in [1.54, 1.807) is 50.6 Å². The van der Waals surface area contributed by atoms with Gasteiger partial charge in [0.1, 0.15) is 6.54 Å². The van der Waals surface area contributed by atoms with Crippen LogP contribution in [0.15, 0.2) is 52.0 Å². The number of halogens is 1. The van der Waals surface area contributed by atoms with Gasteiger partial charge in [-0.25, -0.2) is 4.98 Å². The maximum Gasteiger partial charge on any atom is 0.261 e. The summed E-state index contributed by atoms with van der Waals surface area (Å²) >= 11 is 5.94. The fraction of sp³-hybridized carbons (Fsp3) is 0.158. The summed E-state index contributed by atoms with van der Waals surface area (Å²) in [5.74, 6) is 1.82. The Bertz CT molecular complexity index is 1220. The third-order valence-corrected chi connectivity index (χ3v) is 4.44. The molecule has 0 unspecified atom stereocenters. The predicted molar refractivity (Wildman–Crippen MR) is 103 cm³/mol. The second kappa shape index (κ2) is 7.32. The van der Waals surface area contributed by atoms with Gasteiger partial charge < -0.3 is 14.0 Å². The van der Waals surface area contributed by atoms with Crippen molar-refractivity contribution in [3.63, 3.8) is 0 Å². The zero-order valence-electron chi connectivity index (χ0n) is 15.0. The van der Waals surface area contributed by atoms with Crippen LogP contribution in [0.25, 0.3) is 22.3 Å². The van der Waals surface area contributed by atoms with Crippen LogP contribution in [0.3, 0.4) is 0 Å². The van der Waals surface area contributed by atoms with Crippen LogP contribution in [0.2, 0.25) is 5.02 Å². The smallest absolute Gasteiger partial charge is 0.261 e. The summed E-state index contributed by atoms with van der Waals surface area (Å²) < 4.78 is 17.2. The molecule has 0 atom stereocenters. The molecule has 0 spiro atoms. The lowest BCUT2D eigenvalue weighted by molar-refractivity contribution is 0.355. The van der Waals surface area contributed by atoms with Crippen molar-refractivity contribution in [2.24, 2.45) is 0 Å². The predicted octanol–water partition coefficient (Wildman–Crippen LogP) is 3.17. The minimum absolute atomic E-state index is 0.102. The van der Waals surface area contributed by atoms with E-state index in [0.717, 1.165) is 0 Å². The number of fused-ring (bicyclic) bond motifs is 1. The van der Waals surface area contributed by atoms with Crippen LogP contribution in [-0.4, -0.2) is 33.9 Å². The molecule has 4 rings (SSSR count). The Labute approximate surface area is 164 Å². The fourth-order valence-corrected chi connectivity index (χ4v) is 2.97. The monoisotopic (exact) mass is 398 g/mol. The lowest BCUT2D eigenvalue weighted by Crippen LogP contribution is -2.21. The number of benzene rings is 2. The van der Waals surface area contributed by atoms with Gasteiger partial charge in [-0.05, 0) is 36.4 Å². The van der Waals surface area contributed by atoms with Crippen molar-refractivity contribution in [3.8, 4) is 22.9 Å². The van der Waals surface area contributed by atoms with E-state index in [1.807, 2.05) is 0 Å². The third-order valence-electron chi connectivity index (χ3n) is 4.20. The van der Waals surface area contributed by atoms with Crippen molar-refractivity contribution in [3.05, 3.63) is 64.0 Å². The molecule has 0 aliphatic heterocycles. The number of nitrogens with zero attached hydrogens (tertiary/aromatic N) is 4. The quantitative estimate of drug-likeness (QED) is 0.509. The highest BCUT2D eigenvalue weighted by atomic mass is 35.5. The molecule has 0 radical (unpaired) electrons. The lowest BCUT2D eigenvalue weighted by Gasteiger charge is -2.07. The van der Waals surface area contributed by atoms with E-state index in [9.17, 15) is 4.79 Å². The summed E-state index contributed by atoms with van der Waals surface area (Å²) in [6, 6.07) is 10.2. The molecule has 0 saturated heterocycles. The molecule has 2 aromatic carbocycles. The normalized spacial score (nSPS) is 11.0. The van der Waals surface area contributed by atoms with Crippen molar-refractivity contribution in [1.29, 1.82) is 0 Å². The molecule has 8 nitrogen and oxygen atoms in total. The molecule has 0 amide bonds. The Balaban J connectivity index is 1.64. The average Bonchev–Trinajstić information content (AvgIpc) is 3.18. The molecule has 2 heterocycles. The third kappa shape index (κ3) is 3.29. The van der Waals surface area contributed by atoms with Crippen LogP contribution in [0.1, 0.15) is 5.89 Å². The highest BCUT2D eigenvalue weighted by molar-refractivity contribution is 6.31. The molecule has 0 saturated carbocycles. The van der Waals surface area contributed by atoms with E-state index in [4.69, 9.17) is 25.6 Å². The summed E-state index contributed by atoms with van der Waals surface area (Å²) in [6.45, 7) is 0.102. The first-order chi connectivity index (χ1) is 13.6. The zero-order chi connectivity index (χ0) is 19.7. The Morgan fingerprint density at radius 3 is 2.71 bits per heavy atom. The largest absolute Gasteiger partial charge is 0.493 e. The molecule has 28 heavy (non-hydrogen) atoms. The first-order valence-electron chi connectivity index (χ1n) is 8.28. The van der Waals surface area contributed by atoms with Gasteiger partial charge >= 0.3 is 0 Å². The molecular formula is C19H15ClN4O4. The highest BCUT2D eigenvalue weighted by Gasteiger charge is 2.14. The Hall–Kier alpha value is -3.39. The van der Waals surface area contributed by atoms with E-state index < -0.39 is 0 Å². The van der Waals surface area contributed by atoms with Crippen molar-refractivity contribution in [1.82, 2.24) is 19.7 Å². The summed E-state index contributed by atoms with van der Waals surface area (Å²) in [6.07, 6.45) is 1.43. The maximum absolute atomic E-state index is 12.6. The van der Waals surface area contributed by atoms with Crippen LogP contribution in [-0.2, 0) is 6.54 Å². The van der Waals surface area contributed by atoms with Crippen molar-refractivity contribution >= 4 is 22.5 Å². The van der Waals surface area contributed by atoms with Gasteiger partial charge in [0.2, 0.25) is 11.7 Å². The Morgan fingerprint density at radius 1 is 1.11 bits per heavy atom. The van der Waals surface area contributed by atoms with E-state index in [1.165, 1.54) is 10.9 Å². The molecule has 0 fully saturated rings. The SMILES string of the molecule is COc1ccc(-c2noc(Cn3cnc4cc(Cl)ccc4c3=O)n2)cc1OC. The fourth-order valence-electron chi connectivity index (χ4n) is 2.80. The van der Waals surface area contributed by atoms with E-state index in [0.29, 0.717) is 38.8 Å². The minimum atomic E-state index is -0.215. The molecule has 0 aliphatic carbocycles. The van der Waals surface area contributed by atoms with Crippen LogP contribution in [0.4, 0.5) is 0 Å². The van der Waals surface area contributed by atoms with Crippen molar-refractivity contribution in [2.45, 2.75) is 6.54 Å². The molecular weight excluding hydrogens is 384 g/mol. The highest BCUT2D eigenvalue weighted by Crippen LogP contribution is 2.31. The number of methoxy groups -OCH3 is 2. The molecule has 4 aromatic rings. The van der Waals surface area contributed by atoms with E-state index in [2.05, 4.69) is 15.1 Å². The molecule has 0 N–H and O–H groups in total. The minimum Gasteiger partial charge on any atom is -0.493 e. The summed E-state index contributed by atoms with van der Waals surface area (Å²) in [7, 11) is 3.11. The first kappa shape index (κ1) is 18.0. The van der Waals surface area contributed by atoms with Gasteiger partial charge in [-0.15, -0.1) is 0 Å². The molecule has 2 aromatic heterocycles. The summed E-state index contributed by atoms with van der Waals surface area (Å²) in [5.41, 5.74) is 1.02. The lowest BCUT2D eigenvalue weighted by atomic mass is 10.2. The van der Waals surface area contributed by atoms with E-state index in [-0.39, 0.29) is 18.0 Å². The standard InChI is InChI=1S/C19H15ClN4O4/c1-26-15-6-3-11(7-16(15)27-2)18-22-17(28-23-18)9-24-10-21-14-8-12(20)4-5-13(14)19(24)25/h3-8,10H,9H2,1-2H3. The Morgan fingerprint density at radius 2 is 1.93 bits per heavy atom. The second-order valence-electron chi connectivity index (χ2n) is 5.92. The second-order valence-corrected chi connectivity index (χ2v) is 6.36.